The van der Waals surface area contributed by atoms with Crippen molar-refractivity contribution in [3.05, 3.63) is 18.0 Å². The third-order valence-electron chi connectivity index (χ3n) is 10.5. The van der Waals surface area contributed by atoms with E-state index in [1.165, 1.54) is 68.4 Å². The molecule has 1 aromatic heterocycles. The van der Waals surface area contributed by atoms with Gasteiger partial charge in [0.05, 0.1) is 18.3 Å². The van der Waals surface area contributed by atoms with Gasteiger partial charge in [-0.1, -0.05) is 27.2 Å². The summed E-state index contributed by atoms with van der Waals surface area (Å²) in [5, 5.41) is 13.2. The van der Waals surface area contributed by atoms with Crippen molar-refractivity contribution in [1.29, 1.82) is 0 Å². The van der Waals surface area contributed by atoms with E-state index in [9.17, 15) is 9.59 Å². The van der Waals surface area contributed by atoms with Gasteiger partial charge in [0.1, 0.15) is 0 Å². The quantitative estimate of drug-likeness (QED) is 0.695. The number of hydrogen-bond acceptors (Lipinski definition) is 3. The maximum Gasteiger partial charge on any atom is 0.338 e. The molecule has 1 N–H and O–H groups in total. The van der Waals surface area contributed by atoms with Crippen LogP contribution in [0.2, 0.25) is 0 Å². The van der Waals surface area contributed by atoms with Crippen molar-refractivity contribution in [2.24, 2.45) is 46.3 Å². The summed E-state index contributed by atoms with van der Waals surface area (Å²) in [6, 6.07) is 0. The molecule has 5 nitrogen and oxygen atoms in total. The summed E-state index contributed by atoms with van der Waals surface area (Å²) in [7, 11) is 0. The zero-order chi connectivity index (χ0) is 22.0. The van der Waals surface area contributed by atoms with Crippen molar-refractivity contribution < 1.29 is 14.7 Å². The fourth-order valence-corrected chi connectivity index (χ4v) is 8.83. The number of carbonyl (C=O) groups excluding carboxylic acids is 1. The first kappa shape index (κ1) is 21.2. The number of carboxylic acid groups (broad SMARTS) is 1. The Morgan fingerprint density at radius 3 is 2.55 bits per heavy atom. The van der Waals surface area contributed by atoms with Crippen molar-refractivity contribution in [3.63, 3.8) is 0 Å². The Kier molecular flexibility index (Phi) is 5.10. The molecule has 0 spiro atoms. The molecule has 4 saturated carbocycles. The molecule has 4 fully saturated rings. The number of aromatic carboxylic acids is 1. The van der Waals surface area contributed by atoms with Crippen LogP contribution in [0.25, 0.3) is 0 Å². The predicted octanol–water partition coefficient (Wildman–Crippen LogP) is 5.45. The maximum atomic E-state index is 13.3. The predicted molar refractivity (Wildman–Crippen MR) is 119 cm³/mol. The SMILES string of the molecule is CC1CCC2(C)C(CCC3C2CCC2(C)C(C(=O)Cn4cc(C(=O)O)cn4)CCC32)C1. The summed E-state index contributed by atoms with van der Waals surface area (Å²) >= 11 is 0. The number of hydrogen-bond donors (Lipinski definition) is 1. The molecule has 0 amide bonds. The average molecular weight is 427 g/mol. The minimum Gasteiger partial charge on any atom is -0.478 e. The number of carbonyl (C=O) groups is 2. The molecule has 0 aliphatic heterocycles. The number of carboxylic acids is 1. The van der Waals surface area contributed by atoms with Gasteiger partial charge in [-0.3, -0.25) is 9.48 Å². The zero-order valence-electron chi connectivity index (χ0n) is 19.3. The van der Waals surface area contributed by atoms with Crippen LogP contribution in [0, 0.1) is 46.3 Å². The highest BCUT2D eigenvalue weighted by Crippen LogP contribution is 2.67. The molecule has 5 rings (SSSR count). The molecule has 170 valence electrons. The lowest BCUT2D eigenvalue weighted by atomic mass is 9.44. The van der Waals surface area contributed by atoms with E-state index in [1.807, 2.05) is 0 Å². The van der Waals surface area contributed by atoms with E-state index in [0.717, 1.165) is 30.1 Å². The first-order valence-electron chi connectivity index (χ1n) is 12.5. The summed E-state index contributed by atoms with van der Waals surface area (Å²) in [5.74, 6) is 3.44. The van der Waals surface area contributed by atoms with Gasteiger partial charge in [-0.25, -0.2) is 4.79 Å². The van der Waals surface area contributed by atoms with E-state index >= 15 is 0 Å². The number of aromatic nitrogens is 2. The highest BCUT2D eigenvalue weighted by atomic mass is 16.4. The van der Waals surface area contributed by atoms with Crippen LogP contribution >= 0.6 is 0 Å². The fraction of sp³-hybridized carbons (Fsp3) is 0.808. The lowest BCUT2D eigenvalue weighted by Gasteiger charge is -2.61. The topological polar surface area (TPSA) is 72.2 Å². The third-order valence-corrected chi connectivity index (χ3v) is 10.5. The van der Waals surface area contributed by atoms with Gasteiger partial charge in [0.25, 0.3) is 0 Å². The van der Waals surface area contributed by atoms with Crippen LogP contribution in [0.1, 0.15) is 88.9 Å². The summed E-state index contributed by atoms with van der Waals surface area (Å²) in [5.41, 5.74) is 0.767. The Balaban J connectivity index is 1.32. The van der Waals surface area contributed by atoms with Crippen LogP contribution in [0.4, 0.5) is 0 Å². The lowest BCUT2D eigenvalue weighted by Crippen LogP contribution is -2.53. The van der Waals surface area contributed by atoms with Gasteiger partial charge in [-0.15, -0.1) is 0 Å². The minimum atomic E-state index is -0.994. The molecule has 0 aromatic carbocycles. The lowest BCUT2D eigenvalue weighted by molar-refractivity contribution is -0.137. The second-order valence-corrected chi connectivity index (χ2v) is 11.9. The number of Topliss-reactive ketones (excluding diaryl/α,β-unsaturated/α-hetero) is 1. The zero-order valence-corrected chi connectivity index (χ0v) is 19.3. The van der Waals surface area contributed by atoms with Crippen molar-refractivity contribution in [3.8, 4) is 0 Å². The van der Waals surface area contributed by atoms with Crippen LogP contribution in [-0.2, 0) is 11.3 Å². The van der Waals surface area contributed by atoms with E-state index in [-0.39, 0.29) is 29.2 Å². The van der Waals surface area contributed by atoms with Gasteiger partial charge < -0.3 is 5.11 Å². The fourth-order valence-electron chi connectivity index (χ4n) is 8.83. The van der Waals surface area contributed by atoms with Crippen LogP contribution < -0.4 is 0 Å². The smallest absolute Gasteiger partial charge is 0.338 e. The van der Waals surface area contributed by atoms with E-state index in [4.69, 9.17) is 5.11 Å². The van der Waals surface area contributed by atoms with E-state index in [0.29, 0.717) is 11.3 Å². The molecule has 1 heterocycles. The Morgan fingerprint density at radius 1 is 1.06 bits per heavy atom. The standard InChI is InChI=1S/C26H38N2O3/c1-16-8-10-25(2)18(12-16)4-5-19-20-6-7-22(26(20,3)11-9-21(19)25)23(29)15-28-14-17(13-27-28)24(30)31/h13-14,16,18-22H,4-12,15H2,1-3H3,(H,30,31). The number of nitrogens with zero attached hydrogens (tertiary/aromatic N) is 2. The first-order valence-corrected chi connectivity index (χ1v) is 12.5. The summed E-state index contributed by atoms with van der Waals surface area (Å²) in [6.45, 7) is 7.65. The molecular weight excluding hydrogens is 388 g/mol. The summed E-state index contributed by atoms with van der Waals surface area (Å²) in [6.07, 6.45) is 14.4. The molecule has 4 aliphatic carbocycles. The van der Waals surface area contributed by atoms with Gasteiger partial charge in [-0.05, 0) is 91.8 Å². The van der Waals surface area contributed by atoms with Gasteiger partial charge in [0.15, 0.2) is 5.78 Å². The van der Waals surface area contributed by atoms with Crippen molar-refractivity contribution >= 4 is 11.8 Å². The van der Waals surface area contributed by atoms with E-state index in [2.05, 4.69) is 25.9 Å². The van der Waals surface area contributed by atoms with Crippen molar-refractivity contribution in [2.45, 2.75) is 85.1 Å². The second-order valence-electron chi connectivity index (χ2n) is 11.9. The van der Waals surface area contributed by atoms with E-state index < -0.39 is 5.97 Å². The van der Waals surface area contributed by atoms with Gasteiger partial charge >= 0.3 is 5.97 Å². The Labute approximate surface area is 186 Å². The molecular formula is C26H38N2O3. The molecule has 0 radical (unpaired) electrons. The van der Waals surface area contributed by atoms with Crippen LogP contribution in [0.15, 0.2) is 12.4 Å². The molecule has 0 saturated heterocycles. The Bertz CT molecular complexity index is 878. The first-order chi connectivity index (χ1) is 14.7. The molecule has 0 bridgehead atoms. The highest BCUT2D eigenvalue weighted by molar-refractivity contribution is 5.87. The molecule has 8 unspecified atom stereocenters. The van der Waals surface area contributed by atoms with Crippen LogP contribution in [0.5, 0.6) is 0 Å². The van der Waals surface area contributed by atoms with Gasteiger partial charge in [0, 0.05) is 12.1 Å². The summed E-state index contributed by atoms with van der Waals surface area (Å²) < 4.78 is 1.52. The molecule has 8 atom stereocenters. The largest absolute Gasteiger partial charge is 0.478 e. The minimum absolute atomic E-state index is 0.0906. The third kappa shape index (κ3) is 3.29. The monoisotopic (exact) mass is 426 g/mol. The van der Waals surface area contributed by atoms with Gasteiger partial charge in [-0.2, -0.15) is 5.10 Å². The highest BCUT2D eigenvalue weighted by Gasteiger charge is 2.60. The average Bonchev–Trinajstić information content (AvgIpc) is 3.32. The van der Waals surface area contributed by atoms with Crippen LogP contribution in [0.3, 0.4) is 0 Å². The molecule has 1 aromatic rings. The normalized spacial score (nSPS) is 44.2. The molecule has 31 heavy (non-hydrogen) atoms. The van der Waals surface area contributed by atoms with Crippen molar-refractivity contribution in [2.75, 3.05) is 0 Å². The maximum absolute atomic E-state index is 13.3. The number of fused-ring (bicyclic) bond motifs is 5. The molecule has 4 aliphatic rings. The Morgan fingerprint density at radius 2 is 1.81 bits per heavy atom. The Hall–Kier alpha value is -1.65. The van der Waals surface area contributed by atoms with E-state index in [1.54, 1.807) is 0 Å². The second kappa shape index (κ2) is 7.45. The number of ketones is 1. The number of rotatable bonds is 4. The molecule has 5 heteroatoms. The van der Waals surface area contributed by atoms with Crippen LogP contribution in [-0.4, -0.2) is 26.6 Å². The van der Waals surface area contributed by atoms with Gasteiger partial charge in [0.2, 0.25) is 0 Å². The van der Waals surface area contributed by atoms with Crippen molar-refractivity contribution in [1.82, 2.24) is 9.78 Å². The summed E-state index contributed by atoms with van der Waals surface area (Å²) in [4.78, 5) is 24.5.